The average molecular weight is 651 g/mol. The summed E-state index contributed by atoms with van der Waals surface area (Å²) >= 11 is 1.63. The van der Waals surface area contributed by atoms with Gasteiger partial charge in [-0.3, -0.25) is 0 Å². The Labute approximate surface area is 271 Å². The molecule has 1 saturated heterocycles. The fourth-order valence-corrected chi connectivity index (χ4v) is 6.57. The van der Waals surface area contributed by atoms with Crippen LogP contribution in [0.5, 0.6) is 5.75 Å². The van der Waals surface area contributed by atoms with E-state index in [1.165, 1.54) is 52.0 Å². The van der Waals surface area contributed by atoms with Crippen LogP contribution in [0.15, 0.2) is 72.0 Å². The highest BCUT2D eigenvalue weighted by atomic mass is 32.2. The van der Waals surface area contributed by atoms with Crippen LogP contribution in [0.1, 0.15) is 42.0 Å². The van der Waals surface area contributed by atoms with Gasteiger partial charge in [-0.15, -0.1) is 18.3 Å². The topological polar surface area (TPSA) is 84.6 Å². The summed E-state index contributed by atoms with van der Waals surface area (Å²) in [4.78, 5) is 23.8. The maximum Gasteiger partial charge on any atom is 0.573 e. The number of aliphatic imine (C=N–C) groups is 1. The zero-order valence-corrected chi connectivity index (χ0v) is 27.1. The highest BCUT2D eigenvalue weighted by Crippen LogP contribution is 2.32. The van der Waals surface area contributed by atoms with Crippen LogP contribution >= 0.6 is 11.8 Å². The number of aromatic nitrogens is 3. The first-order valence-corrected chi connectivity index (χ1v) is 16.2. The second kappa shape index (κ2) is 14.4. The molecule has 2 heterocycles. The normalized spacial score (nSPS) is 15.2. The molecule has 1 aromatic heterocycles. The molecule has 1 atom stereocenters. The molecule has 12 heteroatoms. The SMILES string of the molecule is Cc1cc(C)c(N2CCCS/C2=N\C(=O)NCCC(C)Cc2ccc(-c3ncn(-c4ccc(OC(F)(F)F)cc4)n3)cc2)c(C)c1. The zero-order chi connectivity index (χ0) is 32.8. The lowest BCUT2D eigenvalue weighted by Crippen LogP contribution is -2.37. The van der Waals surface area contributed by atoms with E-state index in [2.05, 4.69) is 69.9 Å². The van der Waals surface area contributed by atoms with Crippen molar-refractivity contribution in [2.24, 2.45) is 10.9 Å². The van der Waals surface area contributed by atoms with Gasteiger partial charge in [-0.2, -0.15) is 4.99 Å². The Morgan fingerprint density at radius 2 is 1.76 bits per heavy atom. The standard InChI is InChI=1S/C34H37F3N6O2S/c1-22(14-15-38-32(44)40-33-42(16-5-17-46-33)30-24(3)18-23(2)19-25(30)4)20-26-6-8-27(9-7-26)31-39-21-43(41-31)28-10-12-29(13-11-28)45-34(35,36)37/h6-13,18-19,21-22H,5,14-17,20H2,1-4H3,(H,38,44)/b40-33-. The first kappa shape index (κ1) is 33.1. The number of nitrogens with zero attached hydrogens (tertiary/aromatic N) is 5. The number of hydrogen-bond acceptors (Lipinski definition) is 5. The number of thioether (sulfide) groups is 1. The maximum absolute atomic E-state index is 12.8. The molecule has 0 radical (unpaired) electrons. The molecular weight excluding hydrogens is 613 g/mol. The van der Waals surface area contributed by atoms with Crippen LogP contribution in [0.2, 0.25) is 0 Å². The molecule has 5 rings (SSSR count). The summed E-state index contributed by atoms with van der Waals surface area (Å²) < 4.78 is 42.7. The van der Waals surface area contributed by atoms with Crippen LogP contribution < -0.4 is 15.0 Å². The molecule has 4 aromatic rings. The van der Waals surface area contributed by atoms with Gasteiger partial charge in [-0.1, -0.05) is 60.6 Å². The molecule has 1 aliphatic heterocycles. The lowest BCUT2D eigenvalue weighted by atomic mass is 9.97. The molecule has 2 amide bonds. The van der Waals surface area contributed by atoms with E-state index in [0.717, 1.165) is 53.5 Å². The molecule has 1 fully saturated rings. The first-order valence-electron chi connectivity index (χ1n) is 15.2. The summed E-state index contributed by atoms with van der Waals surface area (Å²) in [6.45, 7) is 9.85. The molecule has 0 spiro atoms. The highest BCUT2D eigenvalue weighted by Gasteiger charge is 2.31. The second-order valence-electron chi connectivity index (χ2n) is 11.6. The number of amides is 2. The number of anilines is 1. The van der Waals surface area contributed by atoms with Gasteiger partial charge in [0.1, 0.15) is 12.1 Å². The van der Waals surface area contributed by atoms with Crippen molar-refractivity contribution >= 4 is 28.6 Å². The number of halogens is 3. The van der Waals surface area contributed by atoms with E-state index < -0.39 is 6.36 Å². The minimum absolute atomic E-state index is 0.299. The van der Waals surface area contributed by atoms with Crippen molar-refractivity contribution in [1.82, 2.24) is 20.1 Å². The van der Waals surface area contributed by atoms with E-state index in [1.807, 2.05) is 24.3 Å². The van der Waals surface area contributed by atoms with Crippen molar-refractivity contribution in [2.75, 3.05) is 23.7 Å². The third kappa shape index (κ3) is 8.68. The monoisotopic (exact) mass is 650 g/mol. The van der Waals surface area contributed by atoms with E-state index in [9.17, 15) is 18.0 Å². The number of carbonyl (C=O) groups is 1. The smallest absolute Gasteiger partial charge is 0.406 e. The Balaban J connectivity index is 1.11. The summed E-state index contributed by atoms with van der Waals surface area (Å²) in [6, 6.07) is 17.4. The van der Waals surface area contributed by atoms with Crippen molar-refractivity contribution in [1.29, 1.82) is 0 Å². The summed E-state index contributed by atoms with van der Waals surface area (Å²) in [5, 5.41) is 8.19. The van der Waals surface area contributed by atoms with Crippen LogP contribution in [0.4, 0.5) is 23.7 Å². The molecule has 1 unspecified atom stereocenters. The number of ether oxygens (including phenoxy) is 1. The van der Waals surface area contributed by atoms with Gasteiger partial charge in [0, 0.05) is 30.1 Å². The summed E-state index contributed by atoms with van der Waals surface area (Å²) in [5.41, 5.74) is 7.28. The summed E-state index contributed by atoms with van der Waals surface area (Å²) in [5.74, 6) is 1.48. The van der Waals surface area contributed by atoms with Crippen LogP contribution in [0.3, 0.4) is 0 Å². The Morgan fingerprint density at radius 1 is 1.07 bits per heavy atom. The largest absolute Gasteiger partial charge is 0.573 e. The molecule has 0 saturated carbocycles. The highest BCUT2D eigenvalue weighted by molar-refractivity contribution is 8.14. The number of benzene rings is 3. The Morgan fingerprint density at radius 3 is 2.43 bits per heavy atom. The van der Waals surface area contributed by atoms with Gasteiger partial charge >= 0.3 is 12.4 Å². The summed E-state index contributed by atoms with van der Waals surface area (Å²) in [7, 11) is 0. The van der Waals surface area contributed by atoms with E-state index in [4.69, 9.17) is 0 Å². The van der Waals surface area contributed by atoms with Gasteiger partial charge in [-0.25, -0.2) is 14.5 Å². The van der Waals surface area contributed by atoms with Gasteiger partial charge in [-0.05, 0) is 86.9 Å². The molecule has 3 aromatic carbocycles. The Hall–Kier alpha value is -4.32. The van der Waals surface area contributed by atoms with E-state index in [-0.39, 0.29) is 11.8 Å². The number of rotatable bonds is 9. The van der Waals surface area contributed by atoms with Crippen LogP contribution in [-0.4, -0.2) is 51.2 Å². The van der Waals surface area contributed by atoms with Crippen LogP contribution in [0, 0.1) is 26.7 Å². The van der Waals surface area contributed by atoms with E-state index in [1.54, 1.807) is 11.8 Å². The van der Waals surface area contributed by atoms with Gasteiger partial charge < -0.3 is 15.0 Å². The van der Waals surface area contributed by atoms with Gasteiger partial charge in [0.15, 0.2) is 11.0 Å². The lowest BCUT2D eigenvalue weighted by molar-refractivity contribution is -0.274. The number of amidine groups is 1. The zero-order valence-electron chi connectivity index (χ0n) is 26.3. The number of alkyl halides is 3. The van der Waals surface area contributed by atoms with Crippen molar-refractivity contribution in [2.45, 2.75) is 53.3 Å². The predicted octanol–water partition coefficient (Wildman–Crippen LogP) is 8.04. The Bertz CT molecular complexity index is 1660. The van der Waals surface area contributed by atoms with Gasteiger partial charge in [0.25, 0.3) is 0 Å². The lowest BCUT2D eigenvalue weighted by Gasteiger charge is -2.32. The summed E-state index contributed by atoms with van der Waals surface area (Å²) in [6.07, 6.45) is -0.537. The van der Waals surface area contributed by atoms with Crippen molar-refractivity contribution in [3.63, 3.8) is 0 Å². The minimum atomic E-state index is -4.74. The molecular formula is C34H37F3N6O2S. The third-order valence-electron chi connectivity index (χ3n) is 7.63. The van der Waals surface area contributed by atoms with Gasteiger partial charge in [0.2, 0.25) is 0 Å². The van der Waals surface area contributed by atoms with Crippen molar-refractivity contribution in [3.8, 4) is 22.8 Å². The molecule has 1 aliphatic rings. The molecule has 0 bridgehead atoms. The predicted molar refractivity (Wildman–Crippen MR) is 177 cm³/mol. The number of carbonyl (C=O) groups excluding carboxylic acids is 1. The van der Waals surface area contributed by atoms with Crippen LogP contribution in [-0.2, 0) is 6.42 Å². The minimum Gasteiger partial charge on any atom is -0.406 e. The number of urea groups is 1. The number of aryl methyl sites for hydroxylation is 3. The van der Waals surface area contributed by atoms with E-state index in [0.29, 0.717) is 24.0 Å². The quantitative estimate of drug-likeness (QED) is 0.197. The first-order chi connectivity index (χ1) is 21.9. The molecule has 8 nitrogen and oxygen atoms in total. The Kier molecular flexibility index (Phi) is 10.4. The average Bonchev–Trinajstić information content (AvgIpc) is 3.48. The van der Waals surface area contributed by atoms with Crippen molar-refractivity contribution < 1.29 is 22.7 Å². The third-order valence-corrected chi connectivity index (χ3v) is 8.69. The fraction of sp³-hybridized carbons (Fsp3) is 0.353. The van der Waals surface area contributed by atoms with Crippen LogP contribution in [0.25, 0.3) is 17.1 Å². The van der Waals surface area contributed by atoms with E-state index >= 15 is 0 Å². The second-order valence-corrected chi connectivity index (χ2v) is 12.6. The molecule has 1 N–H and O–H groups in total. The number of nitrogens with one attached hydrogen (secondary N) is 1. The number of hydrogen-bond donors (Lipinski definition) is 1. The molecule has 0 aliphatic carbocycles. The maximum atomic E-state index is 12.8. The fourth-order valence-electron chi connectivity index (χ4n) is 5.62. The molecule has 242 valence electrons. The van der Waals surface area contributed by atoms with Crippen molar-refractivity contribution in [3.05, 3.63) is 89.2 Å². The molecule has 46 heavy (non-hydrogen) atoms. The van der Waals surface area contributed by atoms with Gasteiger partial charge in [0.05, 0.1) is 5.69 Å².